The standard InChI is InChI=1S/C12H17NO2/c14-12-7-6-11(8-13-12)15-9-10-4-2-1-3-5-10/h6-8,10H,1-5,9H2,(H,13,14). The SMILES string of the molecule is O=c1ccc(OCC2CCCCC2)c[nH]1. The Morgan fingerprint density at radius 3 is 2.73 bits per heavy atom. The van der Waals surface area contributed by atoms with Crippen molar-refractivity contribution < 1.29 is 4.74 Å². The Morgan fingerprint density at radius 1 is 1.27 bits per heavy atom. The van der Waals surface area contributed by atoms with Gasteiger partial charge in [-0.3, -0.25) is 4.79 Å². The first-order valence-electron chi connectivity index (χ1n) is 5.66. The topological polar surface area (TPSA) is 42.1 Å². The van der Waals surface area contributed by atoms with Gasteiger partial charge in [-0.15, -0.1) is 0 Å². The molecular weight excluding hydrogens is 190 g/mol. The van der Waals surface area contributed by atoms with Crippen LogP contribution in [0.5, 0.6) is 5.75 Å². The highest BCUT2D eigenvalue weighted by molar-refractivity contribution is 5.15. The Bertz CT molecular complexity index is 332. The first-order valence-corrected chi connectivity index (χ1v) is 5.66. The summed E-state index contributed by atoms with van der Waals surface area (Å²) in [4.78, 5) is 13.4. The molecular formula is C12H17NO2. The molecule has 0 saturated heterocycles. The predicted octanol–water partition coefficient (Wildman–Crippen LogP) is 2.33. The van der Waals surface area contributed by atoms with Crippen molar-refractivity contribution in [3.63, 3.8) is 0 Å². The maximum absolute atomic E-state index is 10.8. The molecule has 2 rings (SSSR count). The second-order valence-electron chi connectivity index (χ2n) is 4.20. The van der Waals surface area contributed by atoms with E-state index >= 15 is 0 Å². The zero-order valence-electron chi connectivity index (χ0n) is 8.87. The monoisotopic (exact) mass is 207 g/mol. The number of pyridine rings is 1. The van der Waals surface area contributed by atoms with Crippen LogP contribution >= 0.6 is 0 Å². The van der Waals surface area contributed by atoms with E-state index in [0.29, 0.717) is 5.92 Å². The number of aromatic nitrogens is 1. The van der Waals surface area contributed by atoms with Gasteiger partial charge in [-0.25, -0.2) is 0 Å². The van der Waals surface area contributed by atoms with Crippen LogP contribution in [0.2, 0.25) is 0 Å². The van der Waals surface area contributed by atoms with Crippen LogP contribution in [0.25, 0.3) is 0 Å². The van der Waals surface area contributed by atoms with Crippen LogP contribution in [-0.4, -0.2) is 11.6 Å². The van der Waals surface area contributed by atoms with Crippen LogP contribution in [0.1, 0.15) is 32.1 Å². The summed E-state index contributed by atoms with van der Waals surface area (Å²) in [5.74, 6) is 1.46. The third-order valence-corrected chi connectivity index (χ3v) is 2.97. The van der Waals surface area contributed by atoms with Crippen LogP contribution in [0.15, 0.2) is 23.1 Å². The van der Waals surface area contributed by atoms with Gasteiger partial charge in [0.15, 0.2) is 0 Å². The molecule has 1 aliphatic rings. The molecule has 82 valence electrons. The Morgan fingerprint density at radius 2 is 2.07 bits per heavy atom. The van der Waals surface area contributed by atoms with Gasteiger partial charge in [-0.1, -0.05) is 19.3 Å². The second kappa shape index (κ2) is 5.01. The number of nitrogens with one attached hydrogen (secondary N) is 1. The Balaban J connectivity index is 1.81. The predicted molar refractivity (Wildman–Crippen MR) is 59.1 cm³/mol. The van der Waals surface area contributed by atoms with Crippen molar-refractivity contribution in [2.75, 3.05) is 6.61 Å². The van der Waals surface area contributed by atoms with Crippen molar-refractivity contribution in [3.8, 4) is 5.75 Å². The van der Waals surface area contributed by atoms with Gasteiger partial charge in [0.05, 0.1) is 6.61 Å². The average Bonchev–Trinajstić information content (AvgIpc) is 2.30. The summed E-state index contributed by atoms with van der Waals surface area (Å²) in [6, 6.07) is 3.22. The summed E-state index contributed by atoms with van der Waals surface area (Å²) in [5, 5.41) is 0. The molecule has 1 aliphatic carbocycles. The molecule has 1 N–H and O–H groups in total. The van der Waals surface area contributed by atoms with Crippen LogP contribution in [0.3, 0.4) is 0 Å². The number of ether oxygens (including phenoxy) is 1. The molecule has 3 heteroatoms. The van der Waals surface area contributed by atoms with Gasteiger partial charge in [-0.2, -0.15) is 0 Å². The molecule has 0 radical (unpaired) electrons. The zero-order chi connectivity index (χ0) is 10.5. The number of hydrogen-bond acceptors (Lipinski definition) is 2. The molecule has 1 saturated carbocycles. The van der Waals surface area contributed by atoms with Gasteiger partial charge >= 0.3 is 0 Å². The van der Waals surface area contributed by atoms with Crippen molar-refractivity contribution in [1.29, 1.82) is 0 Å². The van der Waals surface area contributed by atoms with E-state index < -0.39 is 0 Å². The summed E-state index contributed by atoms with van der Waals surface area (Å²) in [7, 11) is 0. The molecule has 1 heterocycles. The fourth-order valence-electron chi connectivity index (χ4n) is 2.05. The highest BCUT2D eigenvalue weighted by Crippen LogP contribution is 2.24. The van der Waals surface area contributed by atoms with Gasteiger partial charge < -0.3 is 9.72 Å². The zero-order valence-corrected chi connectivity index (χ0v) is 8.87. The summed E-state index contributed by atoms with van der Waals surface area (Å²) in [6.45, 7) is 0.784. The van der Waals surface area contributed by atoms with Crippen LogP contribution in [0, 0.1) is 5.92 Å². The number of rotatable bonds is 3. The molecule has 0 unspecified atom stereocenters. The Labute approximate surface area is 89.5 Å². The molecule has 0 amide bonds. The molecule has 0 aromatic carbocycles. The first-order chi connectivity index (χ1) is 7.34. The van der Waals surface area contributed by atoms with E-state index in [0.717, 1.165) is 12.4 Å². The summed E-state index contributed by atoms with van der Waals surface area (Å²) in [5.41, 5.74) is -0.0833. The van der Waals surface area contributed by atoms with E-state index in [2.05, 4.69) is 4.98 Å². The molecule has 15 heavy (non-hydrogen) atoms. The van der Waals surface area contributed by atoms with Crippen molar-refractivity contribution in [3.05, 3.63) is 28.7 Å². The molecule has 0 bridgehead atoms. The van der Waals surface area contributed by atoms with E-state index in [9.17, 15) is 4.79 Å². The third kappa shape index (κ3) is 3.11. The van der Waals surface area contributed by atoms with Gasteiger partial charge in [0.2, 0.25) is 5.56 Å². The van der Waals surface area contributed by atoms with E-state index in [4.69, 9.17) is 4.74 Å². The van der Waals surface area contributed by atoms with E-state index in [1.54, 1.807) is 12.3 Å². The first kappa shape index (κ1) is 10.3. The maximum atomic E-state index is 10.8. The smallest absolute Gasteiger partial charge is 0.248 e. The third-order valence-electron chi connectivity index (χ3n) is 2.97. The van der Waals surface area contributed by atoms with E-state index in [-0.39, 0.29) is 5.56 Å². The molecule has 0 atom stereocenters. The highest BCUT2D eigenvalue weighted by atomic mass is 16.5. The Hall–Kier alpha value is -1.25. The maximum Gasteiger partial charge on any atom is 0.248 e. The number of hydrogen-bond donors (Lipinski definition) is 1. The van der Waals surface area contributed by atoms with Crippen LogP contribution in [-0.2, 0) is 0 Å². The lowest BCUT2D eigenvalue weighted by Crippen LogP contribution is -2.15. The van der Waals surface area contributed by atoms with Crippen LogP contribution in [0.4, 0.5) is 0 Å². The molecule has 1 fully saturated rings. The Kier molecular flexibility index (Phi) is 3.43. The second-order valence-corrected chi connectivity index (χ2v) is 4.20. The van der Waals surface area contributed by atoms with Gasteiger partial charge in [0.1, 0.15) is 5.75 Å². The normalized spacial score (nSPS) is 17.6. The lowest BCUT2D eigenvalue weighted by molar-refractivity contribution is 0.208. The highest BCUT2D eigenvalue weighted by Gasteiger charge is 2.13. The van der Waals surface area contributed by atoms with Crippen LogP contribution < -0.4 is 10.3 Å². The molecule has 3 nitrogen and oxygen atoms in total. The largest absolute Gasteiger partial charge is 0.492 e. The minimum absolute atomic E-state index is 0.0833. The molecule has 0 spiro atoms. The quantitative estimate of drug-likeness (QED) is 0.826. The average molecular weight is 207 g/mol. The summed E-state index contributed by atoms with van der Waals surface area (Å²) in [6.07, 6.45) is 8.23. The summed E-state index contributed by atoms with van der Waals surface area (Å²) >= 11 is 0. The fraction of sp³-hybridized carbons (Fsp3) is 0.583. The van der Waals surface area contributed by atoms with Gasteiger partial charge in [0.25, 0.3) is 0 Å². The van der Waals surface area contributed by atoms with Crippen molar-refractivity contribution in [2.24, 2.45) is 5.92 Å². The minimum atomic E-state index is -0.0833. The number of H-pyrrole nitrogens is 1. The fourth-order valence-corrected chi connectivity index (χ4v) is 2.05. The lowest BCUT2D eigenvalue weighted by atomic mass is 9.90. The van der Waals surface area contributed by atoms with Crippen molar-refractivity contribution in [2.45, 2.75) is 32.1 Å². The lowest BCUT2D eigenvalue weighted by Gasteiger charge is -2.21. The molecule has 1 aromatic heterocycles. The summed E-state index contributed by atoms with van der Waals surface area (Å²) < 4.78 is 5.63. The van der Waals surface area contributed by atoms with Crippen molar-refractivity contribution in [1.82, 2.24) is 4.98 Å². The minimum Gasteiger partial charge on any atom is -0.492 e. The van der Waals surface area contributed by atoms with E-state index in [1.165, 1.54) is 38.2 Å². The van der Waals surface area contributed by atoms with Crippen molar-refractivity contribution >= 4 is 0 Å². The number of aromatic amines is 1. The van der Waals surface area contributed by atoms with Gasteiger partial charge in [-0.05, 0) is 24.8 Å². The van der Waals surface area contributed by atoms with E-state index in [1.807, 2.05) is 0 Å². The van der Waals surface area contributed by atoms with Gasteiger partial charge in [0, 0.05) is 12.3 Å². The molecule has 1 aromatic rings. The molecule has 0 aliphatic heterocycles.